The van der Waals surface area contributed by atoms with Crippen molar-refractivity contribution in [2.45, 2.75) is 13.3 Å². The van der Waals surface area contributed by atoms with Gasteiger partial charge >= 0.3 is 5.97 Å². The predicted octanol–water partition coefficient (Wildman–Crippen LogP) is 3.83. The fourth-order valence-electron chi connectivity index (χ4n) is 1.92. The Morgan fingerprint density at radius 3 is 2.35 bits per heavy atom. The maximum absolute atomic E-state index is 13.0. The Morgan fingerprint density at radius 2 is 1.85 bits per heavy atom. The van der Waals surface area contributed by atoms with Crippen LogP contribution in [0.15, 0.2) is 30.3 Å². The van der Waals surface area contributed by atoms with Gasteiger partial charge in [-0.15, -0.1) is 0 Å². The number of rotatable bonds is 3. The number of hydrogen-bond donors (Lipinski definition) is 1. The number of nitrogens with zero attached hydrogens (tertiary/aromatic N) is 1. The molecule has 104 valence electrons. The van der Waals surface area contributed by atoms with Crippen molar-refractivity contribution < 1.29 is 23.1 Å². The lowest BCUT2D eigenvalue weighted by atomic mass is 10.0. The molecule has 6 heteroatoms. The second kappa shape index (κ2) is 5.32. The highest BCUT2D eigenvalue weighted by molar-refractivity contribution is 5.91. The molecule has 20 heavy (non-hydrogen) atoms. The molecule has 3 nitrogen and oxygen atoms in total. The zero-order valence-corrected chi connectivity index (χ0v) is 10.4. The van der Waals surface area contributed by atoms with Crippen molar-refractivity contribution in [2.24, 2.45) is 0 Å². The van der Waals surface area contributed by atoms with Crippen molar-refractivity contribution in [3.63, 3.8) is 0 Å². The summed E-state index contributed by atoms with van der Waals surface area (Å²) in [6.45, 7) is 1.35. The van der Waals surface area contributed by atoms with Crippen molar-refractivity contribution in [2.75, 3.05) is 0 Å². The first-order valence-corrected chi connectivity index (χ1v) is 5.69. The molecule has 0 aliphatic rings. The van der Waals surface area contributed by atoms with Gasteiger partial charge in [-0.3, -0.25) is 4.98 Å². The van der Waals surface area contributed by atoms with E-state index < -0.39 is 29.3 Å². The fraction of sp³-hybridized carbons (Fsp3) is 0.143. The van der Waals surface area contributed by atoms with E-state index in [1.165, 1.54) is 31.2 Å². The summed E-state index contributed by atoms with van der Waals surface area (Å²) in [6.07, 6.45) is -2.93. The Hall–Kier alpha value is -2.37. The highest BCUT2D eigenvalue weighted by Crippen LogP contribution is 2.29. The molecule has 1 aromatic heterocycles. The van der Waals surface area contributed by atoms with E-state index in [-0.39, 0.29) is 11.4 Å². The largest absolute Gasteiger partial charge is 0.478 e. The highest BCUT2D eigenvalue weighted by atomic mass is 19.3. The molecule has 0 radical (unpaired) electrons. The predicted molar refractivity (Wildman–Crippen MR) is 66.3 cm³/mol. The molecular formula is C14H10F3NO2. The van der Waals surface area contributed by atoms with Crippen LogP contribution in [0.4, 0.5) is 13.2 Å². The van der Waals surface area contributed by atoms with Gasteiger partial charge in [-0.05, 0) is 37.3 Å². The summed E-state index contributed by atoms with van der Waals surface area (Å²) >= 11 is 0. The Morgan fingerprint density at radius 1 is 1.25 bits per heavy atom. The van der Waals surface area contributed by atoms with Crippen LogP contribution >= 0.6 is 0 Å². The zero-order valence-electron chi connectivity index (χ0n) is 10.4. The van der Waals surface area contributed by atoms with Crippen LogP contribution in [-0.2, 0) is 0 Å². The molecule has 1 heterocycles. The van der Waals surface area contributed by atoms with Gasteiger partial charge < -0.3 is 5.11 Å². The van der Waals surface area contributed by atoms with Gasteiger partial charge in [0.15, 0.2) is 0 Å². The standard InChI is InChI=1S/C14H10F3NO2/c1-7-12(14(19)20)10(13(16)17)6-11(18-7)8-2-4-9(15)5-3-8/h2-6,13H,1H3,(H,19,20). The summed E-state index contributed by atoms with van der Waals surface area (Å²) in [5, 5.41) is 8.97. The molecule has 0 saturated carbocycles. The number of pyridine rings is 1. The fourth-order valence-corrected chi connectivity index (χ4v) is 1.92. The molecule has 0 atom stereocenters. The third kappa shape index (κ3) is 2.64. The number of aromatic nitrogens is 1. The summed E-state index contributed by atoms with van der Waals surface area (Å²) in [7, 11) is 0. The Kier molecular flexibility index (Phi) is 3.74. The summed E-state index contributed by atoms with van der Waals surface area (Å²) in [5.41, 5.74) is -0.471. The number of alkyl halides is 2. The lowest BCUT2D eigenvalue weighted by Gasteiger charge is -2.11. The third-order valence-electron chi connectivity index (χ3n) is 2.82. The van der Waals surface area contributed by atoms with Crippen LogP contribution in [0.5, 0.6) is 0 Å². The minimum Gasteiger partial charge on any atom is -0.478 e. The number of carboxylic acids is 1. The van der Waals surface area contributed by atoms with Crippen LogP contribution in [0.3, 0.4) is 0 Å². The third-order valence-corrected chi connectivity index (χ3v) is 2.82. The van der Waals surface area contributed by atoms with Gasteiger partial charge in [0.05, 0.1) is 17.0 Å². The van der Waals surface area contributed by atoms with E-state index in [1.54, 1.807) is 0 Å². The van der Waals surface area contributed by atoms with Crippen molar-refractivity contribution in [1.82, 2.24) is 4.98 Å². The highest BCUT2D eigenvalue weighted by Gasteiger charge is 2.22. The normalized spacial score (nSPS) is 10.8. The lowest BCUT2D eigenvalue weighted by molar-refractivity contribution is 0.0683. The van der Waals surface area contributed by atoms with E-state index >= 15 is 0 Å². The van der Waals surface area contributed by atoms with E-state index in [9.17, 15) is 18.0 Å². The van der Waals surface area contributed by atoms with E-state index in [1.807, 2.05) is 0 Å². The summed E-state index contributed by atoms with van der Waals surface area (Å²) in [6, 6.07) is 6.17. The molecule has 0 spiro atoms. The Bertz CT molecular complexity index is 654. The first kappa shape index (κ1) is 14.0. The Balaban J connectivity index is 2.62. The topological polar surface area (TPSA) is 50.2 Å². The number of halogens is 3. The van der Waals surface area contributed by atoms with Gasteiger partial charge in [-0.2, -0.15) is 0 Å². The molecule has 2 aromatic rings. The van der Waals surface area contributed by atoms with Gasteiger partial charge in [0.2, 0.25) is 0 Å². The van der Waals surface area contributed by atoms with Crippen LogP contribution in [0, 0.1) is 12.7 Å². The van der Waals surface area contributed by atoms with Crippen LogP contribution < -0.4 is 0 Å². The average Bonchev–Trinajstić information content (AvgIpc) is 2.37. The summed E-state index contributed by atoms with van der Waals surface area (Å²) < 4.78 is 38.8. The SMILES string of the molecule is Cc1nc(-c2ccc(F)cc2)cc(C(F)F)c1C(=O)O. The monoisotopic (exact) mass is 281 g/mol. The quantitative estimate of drug-likeness (QED) is 0.930. The zero-order chi connectivity index (χ0) is 14.9. The Labute approximate surface area is 112 Å². The minimum atomic E-state index is -2.93. The molecule has 0 bridgehead atoms. The smallest absolute Gasteiger partial charge is 0.338 e. The molecule has 0 unspecified atom stereocenters. The molecule has 0 fully saturated rings. The van der Waals surface area contributed by atoms with Gasteiger partial charge in [0.25, 0.3) is 6.43 Å². The van der Waals surface area contributed by atoms with Gasteiger partial charge in [0, 0.05) is 11.1 Å². The molecule has 1 N–H and O–H groups in total. The number of carbonyl (C=O) groups is 1. The lowest BCUT2D eigenvalue weighted by Crippen LogP contribution is -2.08. The van der Waals surface area contributed by atoms with Crippen LogP contribution in [-0.4, -0.2) is 16.1 Å². The number of benzene rings is 1. The minimum absolute atomic E-state index is 0.00498. The van der Waals surface area contributed by atoms with E-state index in [0.29, 0.717) is 5.56 Å². The average molecular weight is 281 g/mol. The van der Waals surface area contributed by atoms with Gasteiger partial charge in [0.1, 0.15) is 5.82 Å². The molecule has 0 saturated heterocycles. The van der Waals surface area contributed by atoms with Crippen molar-refractivity contribution >= 4 is 5.97 Å². The van der Waals surface area contributed by atoms with Crippen molar-refractivity contribution in [3.05, 3.63) is 53.0 Å². The van der Waals surface area contributed by atoms with E-state index in [2.05, 4.69) is 4.98 Å². The van der Waals surface area contributed by atoms with Crippen LogP contribution in [0.1, 0.15) is 28.0 Å². The first-order valence-electron chi connectivity index (χ1n) is 5.69. The number of carboxylic acid groups (broad SMARTS) is 1. The first-order chi connectivity index (χ1) is 9.40. The summed E-state index contributed by atoms with van der Waals surface area (Å²) in [4.78, 5) is 15.0. The molecule has 2 rings (SSSR count). The molecular weight excluding hydrogens is 271 g/mol. The second-order valence-electron chi connectivity index (χ2n) is 4.17. The van der Waals surface area contributed by atoms with Gasteiger partial charge in [-0.25, -0.2) is 18.0 Å². The number of aromatic carboxylic acids is 1. The van der Waals surface area contributed by atoms with E-state index in [4.69, 9.17) is 5.11 Å². The maximum atomic E-state index is 13.0. The van der Waals surface area contributed by atoms with Crippen molar-refractivity contribution in [1.29, 1.82) is 0 Å². The summed E-state index contributed by atoms with van der Waals surface area (Å²) in [5.74, 6) is -1.90. The molecule has 0 aliphatic carbocycles. The maximum Gasteiger partial charge on any atom is 0.338 e. The molecule has 0 aliphatic heterocycles. The number of hydrogen-bond acceptors (Lipinski definition) is 2. The second-order valence-corrected chi connectivity index (χ2v) is 4.17. The van der Waals surface area contributed by atoms with Crippen molar-refractivity contribution in [3.8, 4) is 11.3 Å². The number of aryl methyl sites for hydroxylation is 1. The van der Waals surface area contributed by atoms with Crippen LogP contribution in [0.25, 0.3) is 11.3 Å². The van der Waals surface area contributed by atoms with Gasteiger partial charge in [-0.1, -0.05) is 0 Å². The van der Waals surface area contributed by atoms with E-state index in [0.717, 1.165) is 6.07 Å². The van der Waals surface area contributed by atoms with Crippen LogP contribution in [0.2, 0.25) is 0 Å². The molecule has 1 aromatic carbocycles. The molecule has 0 amide bonds.